The maximum atomic E-state index is 12.9. The molecule has 0 bridgehead atoms. The average Bonchev–Trinajstić information content (AvgIpc) is 2.53. The molecule has 0 N–H and O–H groups in total. The quantitative estimate of drug-likeness (QED) is 0.678. The molecule has 0 atom stereocenters. The van der Waals surface area contributed by atoms with E-state index in [2.05, 4.69) is 5.10 Å². The molecule has 0 radical (unpaired) electrons. The first-order valence-electron chi connectivity index (χ1n) is 4.50. The largest absolute Gasteiger partial charge is 0.272 e. The molecule has 1 amide bonds. The molecule has 0 saturated carbocycles. The normalized spacial score (nSPS) is 15.6. The van der Waals surface area contributed by atoms with Crippen LogP contribution in [0.2, 0.25) is 0 Å². The topological polar surface area (TPSA) is 32.7 Å². The van der Waals surface area contributed by atoms with Gasteiger partial charge >= 0.3 is 0 Å². The van der Waals surface area contributed by atoms with Crippen LogP contribution in [0.1, 0.15) is 13.3 Å². The van der Waals surface area contributed by atoms with Crippen LogP contribution in [0, 0.1) is 17.5 Å². The SMILES string of the molecule is CC1=NN(c2cc(F)c(F)c(F)c2)C(=O)C1. The summed E-state index contributed by atoms with van der Waals surface area (Å²) in [6.45, 7) is 1.62. The molecule has 0 fully saturated rings. The Bertz CT molecular complexity index is 476. The van der Waals surface area contributed by atoms with Crippen molar-refractivity contribution in [1.82, 2.24) is 0 Å². The number of carbonyl (C=O) groups is 1. The average molecular weight is 228 g/mol. The van der Waals surface area contributed by atoms with Crippen LogP contribution in [-0.2, 0) is 4.79 Å². The van der Waals surface area contributed by atoms with E-state index < -0.39 is 23.4 Å². The van der Waals surface area contributed by atoms with Crippen molar-refractivity contribution in [2.45, 2.75) is 13.3 Å². The van der Waals surface area contributed by atoms with Gasteiger partial charge in [-0.1, -0.05) is 0 Å². The van der Waals surface area contributed by atoms with Gasteiger partial charge in [0.25, 0.3) is 5.91 Å². The highest BCUT2D eigenvalue weighted by Gasteiger charge is 2.24. The lowest BCUT2D eigenvalue weighted by Crippen LogP contribution is -2.20. The summed E-state index contributed by atoms with van der Waals surface area (Å²) in [5, 5.41) is 4.66. The maximum absolute atomic E-state index is 12.9. The molecule has 1 aliphatic heterocycles. The molecule has 0 saturated heterocycles. The van der Waals surface area contributed by atoms with Crippen molar-refractivity contribution in [2.75, 3.05) is 5.01 Å². The van der Waals surface area contributed by atoms with E-state index in [0.717, 1.165) is 17.1 Å². The highest BCUT2D eigenvalue weighted by molar-refractivity contribution is 6.12. The number of hydrogen-bond donors (Lipinski definition) is 0. The van der Waals surface area contributed by atoms with E-state index in [1.807, 2.05) is 0 Å². The first-order valence-corrected chi connectivity index (χ1v) is 4.50. The van der Waals surface area contributed by atoms with Crippen LogP contribution in [0.25, 0.3) is 0 Å². The first-order chi connectivity index (χ1) is 7.49. The highest BCUT2D eigenvalue weighted by atomic mass is 19.2. The van der Waals surface area contributed by atoms with Crippen LogP contribution < -0.4 is 5.01 Å². The summed E-state index contributed by atoms with van der Waals surface area (Å²) in [5.41, 5.74) is 0.424. The fraction of sp³-hybridized carbons (Fsp3) is 0.200. The molecule has 0 aromatic heterocycles. The summed E-state index contributed by atoms with van der Waals surface area (Å²) in [6, 6.07) is 1.47. The lowest BCUT2D eigenvalue weighted by atomic mass is 10.2. The third-order valence-corrected chi connectivity index (χ3v) is 2.13. The number of hydrogen-bond acceptors (Lipinski definition) is 2. The molecule has 0 spiro atoms. The molecule has 2 rings (SSSR count). The molecule has 1 aromatic carbocycles. The minimum atomic E-state index is -1.56. The van der Waals surface area contributed by atoms with E-state index in [9.17, 15) is 18.0 Å². The number of benzene rings is 1. The van der Waals surface area contributed by atoms with Gasteiger partial charge in [0, 0.05) is 17.8 Å². The predicted octanol–water partition coefficient (Wildman–Crippen LogP) is 2.22. The summed E-state index contributed by atoms with van der Waals surface area (Å²) in [5.74, 6) is -4.65. The molecule has 1 aliphatic rings. The van der Waals surface area contributed by atoms with Crippen molar-refractivity contribution in [2.24, 2.45) is 5.10 Å². The molecule has 0 aliphatic carbocycles. The van der Waals surface area contributed by atoms with Crippen LogP contribution in [0.15, 0.2) is 17.2 Å². The highest BCUT2D eigenvalue weighted by Crippen LogP contribution is 2.24. The fourth-order valence-corrected chi connectivity index (χ4v) is 1.42. The molecule has 0 unspecified atom stereocenters. The predicted molar refractivity (Wildman–Crippen MR) is 51.5 cm³/mol. The molecular weight excluding hydrogens is 221 g/mol. The number of carbonyl (C=O) groups excluding carboxylic acids is 1. The van der Waals surface area contributed by atoms with Gasteiger partial charge in [0.2, 0.25) is 0 Å². The van der Waals surface area contributed by atoms with Crippen molar-refractivity contribution in [1.29, 1.82) is 0 Å². The zero-order valence-corrected chi connectivity index (χ0v) is 8.30. The van der Waals surface area contributed by atoms with Crippen molar-refractivity contribution in [3.8, 4) is 0 Å². The number of anilines is 1. The molecule has 16 heavy (non-hydrogen) atoms. The first kappa shape index (κ1) is 10.7. The lowest BCUT2D eigenvalue weighted by molar-refractivity contribution is -0.116. The van der Waals surface area contributed by atoms with Crippen molar-refractivity contribution in [3.63, 3.8) is 0 Å². The van der Waals surface area contributed by atoms with E-state index in [1.165, 1.54) is 0 Å². The summed E-state index contributed by atoms with van der Waals surface area (Å²) >= 11 is 0. The minimum Gasteiger partial charge on any atom is -0.272 e. The van der Waals surface area contributed by atoms with Crippen LogP contribution in [0.3, 0.4) is 0 Å². The molecule has 6 heteroatoms. The summed E-state index contributed by atoms with van der Waals surface area (Å²) in [4.78, 5) is 11.4. The number of nitrogens with zero attached hydrogens (tertiary/aromatic N) is 2. The minimum absolute atomic E-state index is 0.0978. The zero-order chi connectivity index (χ0) is 11.9. The van der Waals surface area contributed by atoms with E-state index in [-0.39, 0.29) is 12.1 Å². The van der Waals surface area contributed by atoms with Gasteiger partial charge in [0.1, 0.15) is 0 Å². The smallest absolute Gasteiger partial charge is 0.253 e. The van der Waals surface area contributed by atoms with E-state index in [1.54, 1.807) is 6.92 Å². The third kappa shape index (κ3) is 1.66. The van der Waals surface area contributed by atoms with Gasteiger partial charge in [-0.3, -0.25) is 4.79 Å². The number of hydrazone groups is 1. The molecule has 3 nitrogen and oxygen atoms in total. The lowest BCUT2D eigenvalue weighted by Gasteiger charge is -2.11. The fourth-order valence-electron chi connectivity index (χ4n) is 1.42. The van der Waals surface area contributed by atoms with E-state index in [4.69, 9.17) is 0 Å². The Kier molecular flexibility index (Phi) is 2.41. The Hall–Kier alpha value is -1.85. The number of rotatable bonds is 1. The monoisotopic (exact) mass is 228 g/mol. The van der Waals surface area contributed by atoms with Crippen LogP contribution >= 0.6 is 0 Å². The molecular formula is C10H7F3N2O. The maximum Gasteiger partial charge on any atom is 0.253 e. The van der Waals surface area contributed by atoms with Gasteiger partial charge in [0.05, 0.1) is 12.1 Å². The van der Waals surface area contributed by atoms with Crippen molar-refractivity contribution >= 4 is 17.3 Å². The summed E-state index contributed by atoms with van der Waals surface area (Å²) in [6.07, 6.45) is 0.0978. The summed E-state index contributed by atoms with van der Waals surface area (Å²) < 4.78 is 38.5. The third-order valence-electron chi connectivity index (χ3n) is 2.13. The Labute approximate surface area is 89.2 Å². The van der Waals surface area contributed by atoms with E-state index in [0.29, 0.717) is 5.71 Å². The number of amides is 1. The number of halogens is 3. The Morgan fingerprint density at radius 2 is 1.81 bits per heavy atom. The second kappa shape index (κ2) is 3.62. The molecule has 84 valence electrons. The van der Waals surface area contributed by atoms with Crippen LogP contribution in [0.4, 0.5) is 18.9 Å². The van der Waals surface area contributed by atoms with Crippen LogP contribution in [-0.4, -0.2) is 11.6 Å². The van der Waals surface area contributed by atoms with Crippen LogP contribution in [0.5, 0.6) is 0 Å². The van der Waals surface area contributed by atoms with Gasteiger partial charge < -0.3 is 0 Å². The van der Waals surface area contributed by atoms with E-state index >= 15 is 0 Å². The van der Waals surface area contributed by atoms with Gasteiger partial charge in [-0.05, 0) is 6.92 Å². The van der Waals surface area contributed by atoms with Gasteiger partial charge in [-0.25, -0.2) is 18.2 Å². The van der Waals surface area contributed by atoms with Gasteiger partial charge in [-0.15, -0.1) is 0 Å². The van der Waals surface area contributed by atoms with Crippen molar-refractivity contribution < 1.29 is 18.0 Å². The Morgan fingerprint density at radius 1 is 1.25 bits per heavy atom. The van der Waals surface area contributed by atoms with Crippen molar-refractivity contribution in [3.05, 3.63) is 29.6 Å². The standard InChI is InChI=1S/C10H7F3N2O/c1-5-2-9(16)15(14-5)6-3-7(11)10(13)8(12)4-6/h3-4H,2H2,1H3. The summed E-state index contributed by atoms with van der Waals surface area (Å²) in [7, 11) is 0. The Morgan fingerprint density at radius 3 is 2.25 bits per heavy atom. The van der Waals surface area contributed by atoms with Gasteiger partial charge in [0.15, 0.2) is 17.5 Å². The second-order valence-electron chi connectivity index (χ2n) is 3.44. The molecule has 1 heterocycles. The zero-order valence-electron chi connectivity index (χ0n) is 8.30. The molecule has 1 aromatic rings. The van der Waals surface area contributed by atoms with Gasteiger partial charge in [-0.2, -0.15) is 5.10 Å². The second-order valence-corrected chi connectivity index (χ2v) is 3.44. The Balaban J connectivity index is 2.46.